The fourth-order valence-corrected chi connectivity index (χ4v) is 8.16. The first-order chi connectivity index (χ1) is 24.8. The zero-order valence-corrected chi connectivity index (χ0v) is 27.6. The van der Waals surface area contributed by atoms with E-state index in [2.05, 4.69) is 108 Å². The number of thiophene rings is 1. The molecule has 0 aliphatic heterocycles. The number of fused-ring (bicyclic) bond motifs is 6. The number of hydrogen-bond donors (Lipinski definition) is 0. The van der Waals surface area contributed by atoms with Crippen molar-refractivity contribution in [1.29, 1.82) is 0 Å². The molecule has 10 aromatic rings. The van der Waals surface area contributed by atoms with Crippen LogP contribution < -0.4 is 0 Å². The van der Waals surface area contributed by atoms with Crippen molar-refractivity contribution in [2.45, 2.75) is 0 Å². The maximum Gasteiger partial charge on any atom is 0.161 e. The predicted molar refractivity (Wildman–Crippen MR) is 207 cm³/mol. The van der Waals surface area contributed by atoms with E-state index in [0.29, 0.717) is 5.82 Å². The van der Waals surface area contributed by atoms with Gasteiger partial charge in [-0.2, -0.15) is 0 Å². The van der Waals surface area contributed by atoms with E-state index in [0.717, 1.165) is 72.3 Å². The Morgan fingerprint density at radius 2 is 1.18 bits per heavy atom. The Labute approximate surface area is 292 Å². The first-order valence-electron chi connectivity index (χ1n) is 16.6. The summed E-state index contributed by atoms with van der Waals surface area (Å²) in [6.07, 6.45) is 3.67. The van der Waals surface area contributed by atoms with Crippen LogP contribution in [0.4, 0.5) is 0 Å². The molecule has 4 aromatic heterocycles. The second-order valence-electron chi connectivity index (χ2n) is 12.4. The summed E-state index contributed by atoms with van der Waals surface area (Å²) < 4.78 is 9.34. The van der Waals surface area contributed by atoms with E-state index >= 15 is 0 Å². The molecule has 0 amide bonds. The minimum absolute atomic E-state index is 0.643. The minimum Gasteiger partial charge on any atom is -0.455 e. The fourth-order valence-electron chi connectivity index (χ4n) is 7.08. The topological polar surface area (TPSA) is 51.8 Å². The van der Waals surface area contributed by atoms with Gasteiger partial charge in [0.1, 0.15) is 11.2 Å². The van der Waals surface area contributed by atoms with Crippen LogP contribution in [0.15, 0.2) is 168 Å². The van der Waals surface area contributed by atoms with E-state index in [-0.39, 0.29) is 0 Å². The fraction of sp³-hybridized carbons (Fsp3) is 0. The second-order valence-corrected chi connectivity index (χ2v) is 13.5. The van der Waals surface area contributed by atoms with Crippen LogP contribution in [-0.4, -0.2) is 15.0 Å². The molecule has 5 heteroatoms. The first kappa shape index (κ1) is 28.6. The van der Waals surface area contributed by atoms with Crippen molar-refractivity contribution in [2.75, 3.05) is 0 Å². The van der Waals surface area contributed by atoms with E-state index in [9.17, 15) is 0 Å². The van der Waals surface area contributed by atoms with Crippen molar-refractivity contribution in [3.8, 4) is 56.2 Å². The Balaban J connectivity index is 1.23. The zero-order valence-electron chi connectivity index (χ0n) is 26.7. The van der Waals surface area contributed by atoms with Gasteiger partial charge in [0.25, 0.3) is 0 Å². The highest BCUT2D eigenvalue weighted by atomic mass is 32.1. The van der Waals surface area contributed by atoms with E-state index < -0.39 is 0 Å². The van der Waals surface area contributed by atoms with Gasteiger partial charge in [0.15, 0.2) is 5.82 Å². The average Bonchev–Trinajstić information content (AvgIpc) is 3.77. The molecule has 4 heterocycles. The van der Waals surface area contributed by atoms with Gasteiger partial charge in [-0.1, -0.05) is 109 Å². The number of benzene rings is 6. The zero-order chi connectivity index (χ0) is 33.0. The van der Waals surface area contributed by atoms with Crippen molar-refractivity contribution in [2.24, 2.45) is 0 Å². The van der Waals surface area contributed by atoms with Crippen LogP contribution in [-0.2, 0) is 0 Å². The molecule has 0 N–H and O–H groups in total. The lowest BCUT2D eigenvalue weighted by molar-refractivity contribution is 0.670. The molecule has 0 radical (unpaired) electrons. The number of hydrogen-bond acceptors (Lipinski definition) is 5. The summed E-state index contributed by atoms with van der Waals surface area (Å²) >= 11 is 1.84. The Kier molecular flexibility index (Phi) is 6.64. The standard InChI is InChI=1S/C45H27N3OS/c1-2-11-28(12-3-1)38-26-39(48-45(47-38)34-16-5-4-14-31(34)30-13-10-24-46-27-30)35-22-21-32(43-36-17-6-8-18-40(36)49-44(35)43)29-20-23-42-37(25-29)33-15-7-9-19-41(33)50-42/h1-27H. The number of nitrogens with zero attached hydrogens (tertiary/aromatic N) is 3. The third kappa shape index (κ3) is 4.71. The lowest BCUT2D eigenvalue weighted by atomic mass is 9.94. The van der Waals surface area contributed by atoms with Crippen LogP contribution in [0, 0.1) is 0 Å². The number of rotatable bonds is 5. The molecular weight excluding hydrogens is 631 g/mol. The van der Waals surface area contributed by atoms with Gasteiger partial charge in [-0.3, -0.25) is 4.98 Å². The van der Waals surface area contributed by atoms with Gasteiger partial charge in [0.05, 0.1) is 11.4 Å². The number of para-hydroxylation sites is 1. The Morgan fingerprint density at radius 3 is 2.06 bits per heavy atom. The van der Waals surface area contributed by atoms with Gasteiger partial charge in [0.2, 0.25) is 0 Å². The lowest BCUT2D eigenvalue weighted by Gasteiger charge is -2.13. The molecule has 0 bridgehead atoms. The summed E-state index contributed by atoms with van der Waals surface area (Å²) in [6, 6.07) is 52.8. The van der Waals surface area contributed by atoms with E-state index in [4.69, 9.17) is 14.4 Å². The molecule has 0 atom stereocenters. The van der Waals surface area contributed by atoms with Gasteiger partial charge < -0.3 is 4.42 Å². The van der Waals surface area contributed by atoms with Crippen LogP contribution in [0.3, 0.4) is 0 Å². The van der Waals surface area contributed by atoms with Crippen LogP contribution in [0.5, 0.6) is 0 Å². The third-order valence-electron chi connectivity index (χ3n) is 9.43. The molecule has 6 aromatic carbocycles. The second kappa shape index (κ2) is 11.6. The van der Waals surface area contributed by atoms with Gasteiger partial charge in [-0.05, 0) is 59.2 Å². The van der Waals surface area contributed by atoms with Crippen molar-refractivity contribution >= 4 is 53.4 Å². The van der Waals surface area contributed by atoms with Gasteiger partial charge in [-0.15, -0.1) is 11.3 Å². The SMILES string of the molecule is c1ccc(-c2cc(-c3ccc(-c4ccc5sc6ccccc6c5c4)c4c3oc3ccccc34)nc(-c3ccccc3-c3cccnc3)n2)cc1. The minimum atomic E-state index is 0.643. The van der Waals surface area contributed by atoms with E-state index in [1.807, 2.05) is 66.1 Å². The Morgan fingerprint density at radius 1 is 0.460 bits per heavy atom. The molecule has 0 aliphatic rings. The summed E-state index contributed by atoms with van der Waals surface area (Å²) in [5.41, 5.74) is 10.5. The maximum atomic E-state index is 6.76. The Hall–Kier alpha value is -6.43. The summed E-state index contributed by atoms with van der Waals surface area (Å²) in [6.45, 7) is 0. The first-order valence-corrected chi connectivity index (χ1v) is 17.4. The number of aromatic nitrogens is 3. The van der Waals surface area contributed by atoms with E-state index in [1.54, 1.807) is 6.20 Å². The van der Waals surface area contributed by atoms with Crippen LogP contribution in [0.1, 0.15) is 0 Å². The van der Waals surface area contributed by atoms with Crippen molar-refractivity contribution in [3.05, 3.63) is 164 Å². The quantitative estimate of drug-likeness (QED) is 0.185. The smallest absolute Gasteiger partial charge is 0.161 e. The molecule has 50 heavy (non-hydrogen) atoms. The van der Waals surface area contributed by atoms with Crippen LogP contribution in [0.2, 0.25) is 0 Å². The summed E-state index contributed by atoms with van der Waals surface area (Å²) in [5, 5.41) is 4.71. The molecule has 0 aliphatic carbocycles. The van der Waals surface area contributed by atoms with Crippen LogP contribution in [0.25, 0.3) is 98.3 Å². The summed E-state index contributed by atoms with van der Waals surface area (Å²) in [5.74, 6) is 0.643. The molecule has 4 nitrogen and oxygen atoms in total. The molecule has 0 fully saturated rings. The average molecular weight is 658 g/mol. The van der Waals surface area contributed by atoms with Gasteiger partial charge >= 0.3 is 0 Å². The highest BCUT2D eigenvalue weighted by molar-refractivity contribution is 7.25. The van der Waals surface area contributed by atoms with Crippen molar-refractivity contribution in [3.63, 3.8) is 0 Å². The predicted octanol–water partition coefficient (Wildman–Crippen LogP) is 12.5. The molecule has 0 unspecified atom stereocenters. The molecule has 234 valence electrons. The molecule has 0 spiro atoms. The highest BCUT2D eigenvalue weighted by Crippen LogP contribution is 2.44. The third-order valence-corrected chi connectivity index (χ3v) is 10.6. The van der Waals surface area contributed by atoms with Gasteiger partial charge in [0, 0.05) is 65.6 Å². The van der Waals surface area contributed by atoms with E-state index in [1.165, 1.54) is 20.2 Å². The van der Waals surface area contributed by atoms with Crippen molar-refractivity contribution in [1.82, 2.24) is 15.0 Å². The normalized spacial score (nSPS) is 11.6. The molecule has 0 saturated heterocycles. The Bertz CT molecular complexity index is 2870. The lowest BCUT2D eigenvalue weighted by Crippen LogP contribution is -1.98. The molecular formula is C45H27N3OS. The largest absolute Gasteiger partial charge is 0.455 e. The number of furan rings is 1. The molecule has 0 saturated carbocycles. The van der Waals surface area contributed by atoms with Crippen LogP contribution >= 0.6 is 11.3 Å². The summed E-state index contributed by atoms with van der Waals surface area (Å²) in [4.78, 5) is 14.8. The maximum absolute atomic E-state index is 6.76. The monoisotopic (exact) mass is 657 g/mol. The summed E-state index contributed by atoms with van der Waals surface area (Å²) in [7, 11) is 0. The number of pyridine rings is 1. The van der Waals surface area contributed by atoms with Crippen molar-refractivity contribution < 1.29 is 4.42 Å². The highest BCUT2D eigenvalue weighted by Gasteiger charge is 2.21. The molecule has 10 rings (SSSR count). The van der Waals surface area contributed by atoms with Gasteiger partial charge in [-0.25, -0.2) is 9.97 Å².